The summed E-state index contributed by atoms with van der Waals surface area (Å²) in [5, 5.41) is 7.56. The number of hydrogen-bond donors (Lipinski definition) is 2. The van der Waals surface area contributed by atoms with E-state index in [1.807, 2.05) is 69.2 Å². The van der Waals surface area contributed by atoms with Gasteiger partial charge in [-0.2, -0.15) is 0 Å². The summed E-state index contributed by atoms with van der Waals surface area (Å²) in [7, 11) is 3.21. The summed E-state index contributed by atoms with van der Waals surface area (Å²) in [6, 6.07) is 11.9. The lowest BCUT2D eigenvalue weighted by Gasteiger charge is -2.24. The minimum absolute atomic E-state index is 0.133. The third-order valence-electron chi connectivity index (χ3n) is 10.4. The van der Waals surface area contributed by atoms with Gasteiger partial charge in [0.2, 0.25) is 30.0 Å². The lowest BCUT2D eigenvalue weighted by Crippen LogP contribution is -2.24. The van der Waals surface area contributed by atoms with Crippen LogP contribution < -0.4 is 15.9 Å². The maximum atomic E-state index is 15.5. The molecule has 7 nitrogen and oxygen atoms in total. The van der Waals surface area contributed by atoms with Crippen LogP contribution in [0, 0.1) is 41.5 Å². The summed E-state index contributed by atoms with van der Waals surface area (Å²) in [5.41, 5.74) is 3.58. The van der Waals surface area contributed by atoms with Gasteiger partial charge >= 0.3 is 0 Å². The maximum absolute atomic E-state index is 15.5. The Bertz CT molecular complexity index is 1810. The minimum atomic E-state index is -4.52. The number of carbonyl (C=O) groups is 4. The number of nitrogens with one attached hydrogen (secondary N) is 2. The van der Waals surface area contributed by atoms with Gasteiger partial charge in [-0.25, -0.2) is 0 Å². The fourth-order valence-electron chi connectivity index (χ4n) is 7.54. The molecule has 2 heterocycles. The zero-order valence-corrected chi connectivity index (χ0v) is 36.5. The van der Waals surface area contributed by atoms with Gasteiger partial charge in [0, 0.05) is 62.7 Å². The third-order valence-corrected chi connectivity index (χ3v) is 19.0. The Morgan fingerprint density at radius 3 is 1.44 bits per heavy atom. The highest BCUT2D eigenvalue weighted by Crippen LogP contribution is 2.54. The highest BCUT2D eigenvalue weighted by Gasteiger charge is 2.45. The lowest BCUT2D eigenvalue weighted by atomic mass is 9.97. The molecular weight excluding hydrogens is 772 g/mol. The minimum Gasteiger partial charge on any atom is -0.326 e. The number of rotatable bonds is 17. The number of unbranched alkanes of at least 4 members (excludes halogenated alkanes) is 2. The van der Waals surface area contributed by atoms with Crippen molar-refractivity contribution in [3.8, 4) is 0 Å². The van der Waals surface area contributed by atoms with E-state index in [0.717, 1.165) is 49.7 Å². The first-order valence-electron chi connectivity index (χ1n) is 19.0. The van der Waals surface area contributed by atoms with E-state index in [0.29, 0.717) is 57.0 Å². The van der Waals surface area contributed by atoms with Gasteiger partial charge in [0.25, 0.3) is 0 Å². The van der Waals surface area contributed by atoms with Crippen LogP contribution in [-0.4, -0.2) is 44.9 Å². The Kier molecular flexibility index (Phi) is 15.5. The molecule has 0 aliphatic carbocycles. The largest absolute Gasteiger partial charge is 0.326 e. The molecule has 2 unspecified atom stereocenters. The molecular formula is C42H53N2O5PS4. The van der Waals surface area contributed by atoms with Gasteiger partial charge in [-0.1, -0.05) is 98.5 Å². The maximum Gasteiger partial charge on any atom is 0.248 e. The van der Waals surface area contributed by atoms with Crippen molar-refractivity contribution in [1.29, 1.82) is 0 Å². The summed E-state index contributed by atoms with van der Waals surface area (Å²) < 4.78 is 15.5. The van der Waals surface area contributed by atoms with Gasteiger partial charge in [0.1, 0.15) is 0 Å². The molecule has 3 aromatic carbocycles. The number of anilines is 2. The Labute approximate surface area is 337 Å². The number of amides is 2. The summed E-state index contributed by atoms with van der Waals surface area (Å²) in [6.07, 6.45) is 8.87. The van der Waals surface area contributed by atoms with E-state index < -0.39 is 18.2 Å². The molecule has 3 aromatic rings. The van der Waals surface area contributed by atoms with Crippen LogP contribution in [0.3, 0.4) is 0 Å². The van der Waals surface area contributed by atoms with Crippen LogP contribution in [0.15, 0.2) is 42.5 Å². The zero-order chi connectivity index (χ0) is 39.0. The predicted molar refractivity (Wildman–Crippen MR) is 235 cm³/mol. The fraction of sp³-hybridized carbons (Fsp3) is 0.476. The molecule has 54 heavy (non-hydrogen) atoms. The van der Waals surface area contributed by atoms with Crippen molar-refractivity contribution < 1.29 is 23.7 Å². The molecule has 0 bridgehead atoms. The van der Waals surface area contributed by atoms with Gasteiger partial charge < -0.3 is 15.2 Å². The van der Waals surface area contributed by atoms with Gasteiger partial charge in [-0.05, 0) is 113 Å². The first-order chi connectivity index (χ1) is 25.8. The average Bonchev–Trinajstić information content (AvgIpc) is 3.87. The molecule has 2 amide bonds. The van der Waals surface area contributed by atoms with Crippen LogP contribution >= 0.6 is 50.3 Å². The van der Waals surface area contributed by atoms with Crippen molar-refractivity contribution in [2.24, 2.45) is 0 Å². The van der Waals surface area contributed by atoms with Crippen LogP contribution in [0.2, 0.25) is 0 Å². The smallest absolute Gasteiger partial charge is 0.248 e. The second-order valence-corrected chi connectivity index (χ2v) is 22.7. The number of benzene rings is 3. The summed E-state index contributed by atoms with van der Waals surface area (Å²) in [6.45, 7) is 10.8. The molecule has 0 spiro atoms. The standard InChI is InChI=1S/C42H53N2O5PS4/c1-26-24-28(3)39(43-35(45)18-12-10-16-33-20-22-51-53-33)30(5)37(26)41(47)50(49,32-14-8-7-9-15-32)42(48)38-27(2)25-29(4)40(31(38)6)44-36(46)19-13-11-17-34-21-23-52-54-34/h7-9,14-15,24-25,33-34H,10-13,16-23H2,1-6H3,(H,43,45)(H,44,46). The molecule has 2 saturated heterocycles. The van der Waals surface area contributed by atoms with E-state index in [-0.39, 0.29) is 28.2 Å². The number of carbonyl (C=O) groups excluding carboxylic acids is 4. The molecule has 290 valence electrons. The van der Waals surface area contributed by atoms with Gasteiger partial charge in [0.05, 0.1) is 0 Å². The molecule has 2 aliphatic heterocycles. The molecule has 12 heteroatoms. The molecule has 2 atom stereocenters. The normalized spacial score (nSPS) is 18.0. The van der Waals surface area contributed by atoms with Gasteiger partial charge in [0.15, 0.2) is 0 Å². The SMILES string of the molecule is Cc1cc(C)c(C(=O)P(=O)(C(=O)c2c(C)cc(C)c(NC(=O)CCCCC3CCSS3)c2C)c2ccccc2)c(C)c1NC(=O)CCCCC1CCSS1. The molecule has 2 N–H and O–H groups in total. The fourth-order valence-corrected chi connectivity index (χ4v) is 16.2. The van der Waals surface area contributed by atoms with Crippen LogP contribution in [0.1, 0.15) is 118 Å². The van der Waals surface area contributed by atoms with E-state index >= 15 is 4.57 Å². The summed E-state index contributed by atoms with van der Waals surface area (Å²) >= 11 is 0. The molecule has 2 fully saturated rings. The van der Waals surface area contributed by atoms with E-state index in [2.05, 4.69) is 10.6 Å². The van der Waals surface area contributed by atoms with Crippen molar-refractivity contribution in [1.82, 2.24) is 0 Å². The Morgan fingerprint density at radius 2 is 1.06 bits per heavy atom. The van der Waals surface area contributed by atoms with Crippen molar-refractivity contribution >= 4 is 89.9 Å². The topological polar surface area (TPSA) is 109 Å². The predicted octanol–water partition coefficient (Wildman–Crippen LogP) is 11.5. The van der Waals surface area contributed by atoms with Crippen molar-refractivity contribution in [2.45, 2.75) is 116 Å². The second-order valence-electron chi connectivity index (χ2n) is 14.6. The monoisotopic (exact) mass is 824 g/mol. The second kappa shape index (κ2) is 19.6. The van der Waals surface area contributed by atoms with Gasteiger partial charge in [-0.15, -0.1) is 0 Å². The third kappa shape index (κ3) is 10.1. The van der Waals surface area contributed by atoms with Crippen LogP contribution in [0.4, 0.5) is 11.4 Å². The highest BCUT2D eigenvalue weighted by molar-refractivity contribution is 8.77. The lowest BCUT2D eigenvalue weighted by molar-refractivity contribution is -0.117. The van der Waals surface area contributed by atoms with Gasteiger partial charge in [-0.3, -0.25) is 19.2 Å². The molecule has 0 radical (unpaired) electrons. The summed E-state index contributed by atoms with van der Waals surface area (Å²) in [4.78, 5) is 56.2. The van der Waals surface area contributed by atoms with E-state index in [1.54, 1.807) is 58.0 Å². The van der Waals surface area contributed by atoms with E-state index in [1.165, 1.54) is 24.3 Å². The van der Waals surface area contributed by atoms with Crippen LogP contribution in [-0.2, 0) is 14.2 Å². The first kappa shape index (κ1) is 42.7. The van der Waals surface area contributed by atoms with Crippen LogP contribution in [0.25, 0.3) is 0 Å². The Hall–Kier alpha value is -2.43. The quantitative estimate of drug-likeness (QED) is 0.0781. The number of hydrogen-bond acceptors (Lipinski definition) is 9. The summed E-state index contributed by atoms with van der Waals surface area (Å²) in [5.74, 6) is 2.11. The molecule has 5 rings (SSSR count). The molecule has 0 saturated carbocycles. The molecule has 2 aliphatic rings. The Balaban J connectivity index is 1.42. The van der Waals surface area contributed by atoms with Crippen molar-refractivity contribution in [2.75, 3.05) is 22.1 Å². The molecule has 0 aromatic heterocycles. The van der Waals surface area contributed by atoms with E-state index in [4.69, 9.17) is 0 Å². The Morgan fingerprint density at radius 1 is 0.630 bits per heavy atom. The van der Waals surface area contributed by atoms with Crippen molar-refractivity contribution in [3.05, 3.63) is 87.0 Å². The first-order valence-corrected chi connectivity index (χ1v) is 25.4. The average molecular weight is 825 g/mol. The zero-order valence-electron chi connectivity index (χ0n) is 32.3. The van der Waals surface area contributed by atoms with Crippen LogP contribution in [0.5, 0.6) is 0 Å². The van der Waals surface area contributed by atoms with E-state index in [9.17, 15) is 19.2 Å². The number of aryl methyl sites for hydroxylation is 4. The van der Waals surface area contributed by atoms with Crippen molar-refractivity contribution in [3.63, 3.8) is 0 Å². The highest BCUT2D eigenvalue weighted by atomic mass is 33.1.